The van der Waals surface area contributed by atoms with Crippen LogP contribution in [0.4, 0.5) is 9.59 Å². The van der Waals surface area contributed by atoms with E-state index in [1.165, 1.54) is 39.2 Å². The normalized spacial score (nSPS) is 20.4. The summed E-state index contributed by atoms with van der Waals surface area (Å²) < 4.78 is 10.9. The van der Waals surface area contributed by atoms with Crippen LogP contribution < -0.4 is 16.0 Å². The molecule has 1 aromatic carbocycles. The van der Waals surface area contributed by atoms with Gasteiger partial charge in [-0.05, 0) is 49.9 Å². The SMILES string of the molecule is CNC[C@H](CC1CCCCC1)NC(=O)N1CCC[C@@H](C(OCCNC(=O)OC)c2cccc(Cl)c2)C1. The van der Waals surface area contributed by atoms with E-state index < -0.39 is 6.09 Å². The summed E-state index contributed by atoms with van der Waals surface area (Å²) in [6.07, 6.45) is 8.67. The molecule has 1 unspecified atom stereocenters. The Labute approximate surface area is 220 Å². The van der Waals surface area contributed by atoms with Gasteiger partial charge in [0.25, 0.3) is 0 Å². The molecule has 0 spiro atoms. The van der Waals surface area contributed by atoms with E-state index in [9.17, 15) is 9.59 Å². The Balaban J connectivity index is 1.62. The molecule has 1 aromatic rings. The number of hydrogen-bond donors (Lipinski definition) is 3. The zero-order chi connectivity index (χ0) is 25.8. The van der Waals surface area contributed by atoms with Gasteiger partial charge in [-0.1, -0.05) is 55.8 Å². The maximum Gasteiger partial charge on any atom is 0.406 e. The van der Waals surface area contributed by atoms with Crippen LogP contribution in [0.25, 0.3) is 0 Å². The lowest BCUT2D eigenvalue weighted by atomic mass is 9.85. The number of hydrogen-bond acceptors (Lipinski definition) is 5. The van der Waals surface area contributed by atoms with Crippen molar-refractivity contribution in [2.45, 2.75) is 63.5 Å². The van der Waals surface area contributed by atoms with Crippen molar-refractivity contribution in [1.29, 1.82) is 0 Å². The lowest BCUT2D eigenvalue weighted by Gasteiger charge is -2.38. The maximum atomic E-state index is 13.3. The van der Waals surface area contributed by atoms with Gasteiger partial charge in [-0.15, -0.1) is 0 Å². The maximum absolute atomic E-state index is 13.3. The highest BCUT2D eigenvalue weighted by Gasteiger charge is 2.32. The number of rotatable bonds is 11. The first-order chi connectivity index (χ1) is 17.5. The van der Waals surface area contributed by atoms with E-state index in [0.29, 0.717) is 30.6 Å². The molecule has 1 aliphatic heterocycles. The fourth-order valence-electron chi connectivity index (χ4n) is 5.57. The molecule has 0 radical (unpaired) electrons. The number of nitrogens with one attached hydrogen (secondary N) is 3. The standard InChI is InChI=1S/C27H43ClN4O4/c1-29-18-24(16-20-8-4-3-5-9-20)31-26(33)32-14-7-11-22(19-32)25(21-10-6-12-23(28)17-21)36-15-13-30-27(34)35-2/h6,10,12,17,20,22,24-25,29H,3-5,7-9,11,13-16,18-19H2,1-2H3,(H,30,34)(H,31,33)/t22-,24+,25?/m1/s1. The minimum absolute atomic E-state index is 0.00737. The summed E-state index contributed by atoms with van der Waals surface area (Å²) in [5.41, 5.74) is 0.984. The molecule has 0 aromatic heterocycles. The molecule has 2 aliphatic rings. The minimum atomic E-state index is -0.484. The summed E-state index contributed by atoms with van der Waals surface area (Å²) in [4.78, 5) is 26.6. The molecular weight excluding hydrogens is 480 g/mol. The van der Waals surface area contributed by atoms with Crippen molar-refractivity contribution < 1.29 is 19.1 Å². The van der Waals surface area contributed by atoms with Gasteiger partial charge in [-0.3, -0.25) is 0 Å². The predicted octanol–water partition coefficient (Wildman–Crippen LogP) is 4.73. The van der Waals surface area contributed by atoms with Crippen LogP contribution >= 0.6 is 11.6 Å². The molecular formula is C27H43ClN4O4. The number of urea groups is 1. The summed E-state index contributed by atoms with van der Waals surface area (Å²) >= 11 is 6.29. The van der Waals surface area contributed by atoms with Crippen molar-refractivity contribution in [1.82, 2.24) is 20.9 Å². The monoisotopic (exact) mass is 522 g/mol. The number of methoxy groups -OCH3 is 1. The van der Waals surface area contributed by atoms with Crippen LogP contribution in [0.3, 0.4) is 0 Å². The summed E-state index contributed by atoms with van der Waals surface area (Å²) in [6.45, 7) is 2.81. The van der Waals surface area contributed by atoms with Gasteiger partial charge in [0, 0.05) is 43.2 Å². The fourth-order valence-corrected chi connectivity index (χ4v) is 5.77. The van der Waals surface area contributed by atoms with E-state index in [0.717, 1.165) is 37.9 Å². The van der Waals surface area contributed by atoms with Crippen LogP contribution in [0.5, 0.6) is 0 Å². The Morgan fingerprint density at radius 1 is 1.17 bits per heavy atom. The Bertz CT molecular complexity index is 821. The number of nitrogens with zero attached hydrogens (tertiary/aromatic N) is 1. The van der Waals surface area contributed by atoms with Crippen LogP contribution in [0.1, 0.15) is 63.0 Å². The van der Waals surface area contributed by atoms with E-state index in [2.05, 4.69) is 20.7 Å². The van der Waals surface area contributed by atoms with Crippen LogP contribution in [0.15, 0.2) is 24.3 Å². The number of benzene rings is 1. The first-order valence-electron chi connectivity index (χ1n) is 13.4. The first kappa shape index (κ1) is 28.5. The highest BCUT2D eigenvalue weighted by molar-refractivity contribution is 6.30. The number of amides is 3. The molecule has 9 heteroatoms. The van der Waals surface area contributed by atoms with Crippen LogP contribution in [0.2, 0.25) is 5.02 Å². The first-order valence-corrected chi connectivity index (χ1v) is 13.8. The topological polar surface area (TPSA) is 91.9 Å². The number of alkyl carbamates (subject to hydrolysis) is 1. The number of likely N-dealkylation sites (N-methyl/N-ethyl adjacent to an activating group) is 1. The van der Waals surface area contributed by atoms with Crippen LogP contribution in [-0.4, -0.2) is 70.0 Å². The molecule has 1 saturated heterocycles. The smallest absolute Gasteiger partial charge is 0.406 e. The summed E-state index contributed by atoms with van der Waals surface area (Å²) in [7, 11) is 3.28. The van der Waals surface area contributed by atoms with Crippen molar-refractivity contribution in [2.75, 3.05) is 46.9 Å². The molecule has 1 heterocycles. The third-order valence-corrected chi connectivity index (χ3v) is 7.56. The van der Waals surface area contributed by atoms with Gasteiger partial charge < -0.3 is 30.3 Å². The molecule has 202 valence electrons. The second kappa shape index (κ2) is 15.3. The van der Waals surface area contributed by atoms with E-state index in [-0.39, 0.29) is 24.1 Å². The average Bonchev–Trinajstić information content (AvgIpc) is 2.89. The summed E-state index contributed by atoms with van der Waals surface area (Å²) in [5, 5.41) is 9.88. The molecule has 1 aliphatic carbocycles. The molecule has 2 fully saturated rings. The van der Waals surface area contributed by atoms with Gasteiger partial charge in [0.1, 0.15) is 0 Å². The lowest BCUT2D eigenvalue weighted by Crippen LogP contribution is -2.52. The molecule has 3 N–H and O–H groups in total. The van der Waals surface area contributed by atoms with E-state index in [1.807, 2.05) is 36.2 Å². The molecule has 36 heavy (non-hydrogen) atoms. The van der Waals surface area contributed by atoms with Crippen molar-refractivity contribution in [3.05, 3.63) is 34.9 Å². The van der Waals surface area contributed by atoms with Crippen molar-refractivity contribution >= 4 is 23.7 Å². The summed E-state index contributed by atoms with van der Waals surface area (Å²) in [5.74, 6) is 0.827. The van der Waals surface area contributed by atoms with E-state index >= 15 is 0 Å². The predicted molar refractivity (Wildman–Crippen MR) is 142 cm³/mol. The van der Waals surface area contributed by atoms with Gasteiger partial charge in [0.2, 0.25) is 0 Å². The number of ether oxygens (including phenoxy) is 2. The summed E-state index contributed by atoms with van der Waals surface area (Å²) in [6, 6.07) is 7.84. The lowest BCUT2D eigenvalue weighted by molar-refractivity contribution is -0.00864. The number of halogens is 1. The van der Waals surface area contributed by atoms with E-state index in [1.54, 1.807) is 0 Å². The average molecular weight is 523 g/mol. The minimum Gasteiger partial charge on any atom is -0.453 e. The Morgan fingerprint density at radius 2 is 1.97 bits per heavy atom. The molecule has 3 amide bonds. The second-order valence-electron chi connectivity index (χ2n) is 10.1. The molecule has 3 atom stereocenters. The number of carbonyl (C=O) groups excluding carboxylic acids is 2. The number of likely N-dealkylation sites (tertiary alicyclic amines) is 1. The number of carbonyl (C=O) groups is 2. The van der Waals surface area contributed by atoms with Gasteiger partial charge in [0.15, 0.2) is 0 Å². The molecule has 8 nitrogen and oxygen atoms in total. The fraction of sp³-hybridized carbons (Fsp3) is 0.704. The second-order valence-corrected chi connectivity index (χ2v) is 10.5. The van der Waals surface area contributed by atoms with Crippen molar-refractivity contribution in [3.8, 4) is 0 Å². The van der Waals surface area contributed by atoms with Crippen LogP contribution in [0, 0.1) is 11.8 Å². The Hall–Kier alpha value is -2.03. The highest BCUT2D eigenvalue weighted by Crippen LogP contribution is 2.34. The number of piperidine rings is 1. The van der Waals surface area contributed by atoms with Crippen LogP contribution in [-0.2, 0) is 9.47 Å². The van der Waals surface area contributed by atoms with Crippen molar-refractivity contribution in [3.63, 3.8) is 0 Å². The zero-order valence-corrected chi connectivity index (χ0v) is 22.5. The molecule has 1 saturated carbocycles. The van der Waals surface area contributed by atoms with Gasteiger partial charge in [-0.2, -0.15) is 0 Å². The molecule has 3 rings (SSSR count). The van der Waals surface area contributed by atoms with Gasteiger partial charge in [0.05, 0.1) is 19.8 Å². The molecule has 0 bridgehead atoms. The van der Waals surface area contributed by atoms with Gasteiger partial charge >= 0.3 is 12.1 Å². The highest BCUT2D eigenvalue weighted by atomic mass is 35.5. The zero-order valence-electron chi connectivity index (χ0n) is 21.8. The van der Waals surface area contributed by atoms with Crippen molar-refractivity contribution in [2.24, 2.45) is 11.8 Å². The van der Waals surface area contributed by atoms with Gasteiger partial charge in [-0.25, -0.2) is 9.59 Å². The Morgan fingerprint density at radius 3 is 2.69 bits per heavy atom. The largest absolute Gasteiger partial charge is 0.453 e. The Kier molecular flexibility index (Phi) is 12.1. The quantitative estimate of drug-likeness (QED) is 0.365. The third kappa shape index (κ3) is 9.12. The van der Waals surface area contributed by atoms with E-state index in [4.69, 9.17) is 16.3 Å². The third-order valence-electron chi connectivity index (χ3n) is 7.33.